The molecule has 5 nitrogen and oxygen atoms in total. The fourth-order valence-electron chi connectivity index (χ4n) is 1.63. The molecule has 2 aromatic carbocycles. The van der Waals surface area contributed by atoms with Gasteiger partial charge in [0.15, 0.2) is 0 Å². The number of nitro groups is 1. The van der Waals surface area contributed by atoms with E-state index in [2.05, 4.69) is 5.32 Å². The van der Waals surface area contributed by atoms with E-state index in [0.717, 1.165) is 6.07 Å². The number of carbonyl (C=O) groups is 1. The van der Waals surface area contributed by atoms with Crippen molar-refractivity contribution in [2.75, 3.05) is 5.32 Å². The number of benzene rings is 2. The van der Waals surface area contributed by atoms with Gasteiger partial charge in [0.2, 0.25) is 0 Å². The Bertz CT molecular complexity index is 780. The lowest BCUT2D eigenvalue weighted by Crippen LogP contribution is -2.13. The van der Waals surface area contributed by atoms with Crippen LogP contribution < -0.4 is 5.32 Å². The monoisotopic (exact) mass is 378 g/mol. The van der Waals surface area contributed by atoms with Crippen molar-refractivity contribution in [1.29, 1.82) is 0 Å². The molecule has 2 aromatic rings. The standard InChI is InChI=1S/C13H6Cl4N2O3/c14-6-1-2-8(15)7(3-6)13(20)18-11-4-10(17)12(19(21)22)5-9(11)16/h1-5H,(H,18,20). The van der Waals surface area contributed by atoms with Crippen LogP contribution in [0.5, 0.6) is 0 Å². The van der Waals surface area contributed by atoms with Gasteiger partial charge >= 0.3 is 0 Å². The average Bonchev–Trinajstić information content (AvgIpc) is 2.44. The molecule has 0 bridgehead atoms. The molecule has 0 saturated heterocycles. The van der Waals surface area contributed by atoms with Crippen LogP contribution in [0.25, 0.3) is 0 Å². The summed E-state index contributed by atoms with van der Waals surface area (Å²) in [7, 11) is 0. The minimum atomic E-state index is -0.673. The van der Waals surface area contributed by atoms with E-state index >= 15 is 0 Å². The van der Waals surface area contributed by atoms with Crippen molar-refractivity contribution in [3.63, 3.8) is 0 Å². The molecular formula is C13H6Cl4N2O3. The molecule has 0 atom stereocenters. The van der Waals surface area contributed by atoms with Crippen LogP contribution in [0.1, 0.15) is 10.4 Å². The quantitative estimate of drug-likeness (QED) is 0.568. The Balaban J connectivity index is 2.35. The Hall–Kier alpha value is -1.53. The maximum atomic E-state index is 12.2. The molecule has 114 valence electrons. The number of rotatable bonds is 3. The maximum Gasteiger partial charge on any atom is 0.289 e. The molecule has 0 aliphatic rings. The molecule has 0 saturated carbocycles. The number of carbonyl (C=O) groups excluding carboxylic acids is 1. The molecular weight excluding hydrogens is 374 g/mol. The molecule has 0 aromatic heterocycles. The molecule has 22 heavy (non-hydrogen) atoms. The van der Waals surface area contributed by atoms with Crippen LogP contribution >= 0.6 is 46.4 Å². The predicted molar refractivity (Wildman–Crippen MR) is 87.5 cm³/mol. The molecule has 0 radical (unpaired) electrons. The number of nitrogens with one attached hydrogen (secondary N) is 1. The highest BCUT2D eigenvalue weighted by atomic mass is 35.5. The van der Waals surface area contributed by atoms with Crippen molar-refractivity contribution in [3.05, 3.63) is 66.1 Å². The van der Waals surface area contributed by atoms with Gasteiger partial charge in [-0.1, -0.05) is 46.4 Å². The van der Waals surface area contributed by atoms with E-state index in [4.69, 9.17) is 46.4 Å². The lowest BCUT2D eigenvalue weighted by Gasteiger charge is -2.09. The van der Waals surface area contributed by atoms with Crippen LogP contribution in [-0.4, -0.2) is 10.8 Å². The van der Waals surface area contributed by atoms with Crippen LogP contribution in [0.2, 0.25) is 20.1 Å². The van der Waals surface area contributed by atoms with Crippen LogP contribution in [-0.2, 0) is 0 Å². The Morgan fingerprint density at radius 2 is 1.68 bits per heavy atom. The molecule has 0 aliphatic heterocycles. The zero-order chi connectivity index (χ0) is 16.4. The molecule has 0 spiro atoms. The molecule has 0 unspecified atom stereocenters. The highest BCUT2D eigenvalue weighted by Gasteiger charge is 2.18. The van der Waals surface area contributed by atoms with Gasteiger partial charge in [0.1, 0.15) is 5.02 Å². The minimum absolute atomic E-state index is 0.0254. The first-order valence-electron chi connectivity index (χ1n) is 5.69. The second-order valence-electron chi connectivity index (χ2n) is 4.12. The molecule has 0 heterocycles. The normalized spacial score (nSPS) is 10.4. The fourth-order valence-corrected chi connectivity index (χ4v) is 2.45. The van der Waals surface area contributed by atoms with Crippen LogP contribution in [0.3, 0.4) is 0 Å². The predicted octanol–water partition coefficient (Wildman–Crippen LogP) is 5.46. The Morgan fingerprint density at radius 3 is 2.32 bits per heavy atom. The van der Waals surface area contributed by atoms with Gasteiger partial charge in [-0.05, 0) is 24.3 Å². The lowest BCUT2D eigenvalue weighted by atomic mass is 10.2. The smallest absolute Gasteiger partial charge is 0.289 e. The third kappa shape index (κ3) is 3.62. The van der Waals surface area contributed by atoms with E-state index < -0.39 is 10.8 Å². The number of hydrogen-bond acceptors (Lipinski definition) is 3. The van der Waals surface area contributed by atoms with E-state index in [1.165, 1.54) is 24.3 Å². The van der Waals surface area contributed by atoms with Gasteiger partial charge in [-0.2, -0.15) is 0 Å². The first-order chi connectivity index (χ1) is 10.3. The highest BCUT2D eigenvalue weighted by molar-refractivity contribution is 6.38. The highest BCUT2D eigenvalue weighted by Crippen LogP contribution is 2.34. The van der Waals surface area contributed by atoms with Gasteiger partial charge < -0.3 is 5.32 Å². The van der Waals surface area contributed by atoms with Crippen molar-refractivity contribution in [1.82, 2.24) is 0 Å². The summed E-state index contributed by atoms with van der Waals surface area (Å²) in [4.78, 5) is 22.3. The van der Waals surface area contributed by atoms with Crippen molar-refractivity contribution in [2.45, 2.75) is 0 Å². The van der Waals surface area contributed by atoms with Gasteiger partial charge in [-0.25, -0.2) is 0 Å². The number of halogens is 4. The number of anilines is 1. The third-order valence-corrected chi connectivity index (χ3v) is 3.83. The van der Waals surface area contributed by atoms with Crippen molar-refractivity contribution < 1.29 is 9.72 Å². The first-order valence-corrected chi connectivity index (χ1v) is 7.20. The molecule has 0 aliphatic carbocycles. The van der Waals surface area contributed by atoms with Crippen molar-refractivity contribution in [3.8, 4) is 0 Å². The fraction of sp³-hybridized carbons (Fsp3) is 0. The minimum Gasteiger partial charge on any atom is -0.321 e. The molecule has 2 rings (SSSR count). The van der Waals surface area contributed by atoms with Crippen LogP contribution in [0, 0.1) is 10.1 Å². The van der Waals surface area contributed by atoms with E-state index in [1.54, 1.807) is 0 Å². The van der Waals surface area contributed by atoms with E-state index in [1.807, 2.05) is 0 Å². The molecule has 0 fully saturated rings. The summed E-state index contributed by atoms with van der Waals surface area (Å²) in [6.07, 6.45) is 0. The van der Waals surface area contributed by atoms with Gasteiger partial charge in [-0.15, -0.1) is 0 Å². The summed E-state index contributed by atoms with van der Waals surface area (Å²) < 4.78 is 0. The zero-order valence-electron chi connectivity index (χ0n) is 10.6. The Kier molecular flexibility index (Phi) is 5.13. The average molecular weight is 380 g/mol. The zero-order valence-corrected chi connectivity index (χ0v) is 13.6. The van der Waals surface area contributed by atoms with Gasteiger partial charge in [0, 0.05) is 11.1 Å². The van der Waals surface area contributed by atoms with Crippen LogP contribution in [0.15, 0.2) is 30.3 Å². The van der Waals surface area contributed by atoms with Crippen molar-refractivity contribution >= 4 is 63.7 Å². The molecule has 1 amide bonds. The van der Waals surface area contributed by atoms with Gasteiger partial charge in [-0.3, -0.25) is 14.9 Å². The van der Waals surface area contributed by atoms with E-state index in [0.29, 0.717) is 5.02 Å². The summed E-state index contributed by atoms with van der Waals surface area (Å²) in [6.45, 7) is 0. The SMILES string of the molecule is O=C(Nc1cc(Cl)c([N+](=O)[O-])cc1Cl)c1cc(Cl)ccc1Cl. The second kappa shape index (κ2) is 6.71. The number of nitro benzene ring substituents is 1. The summed E-state index contributed by atoms with van der Waals surface area (Å²) in [5, 5.41) is 13.6. The lowest BCUT2D eigenvalue weighted by molar-refractivity contribution is -0.384. The Morgan fingerprint density at radius 1 is 1.00 bits per heavy atom. The van der Waals surface area contributed by atoms with Gasteiger partial charge in [0.05, 0.1) is 26.2 Å². The van der Waals surface area contributed by atoms with Crippen molar-refractivity contribution in [2.24, 2.45) is 0 Å². The largest absolute Gasteiger partial charge is 0.321 e. The van der Waals surface area contributed by atoms with E-state index in [-0.39, 0.29) is 32.0 Å². The summed E-state index contributed by atoms with van der Waals surface area (Å²) in [5.41, 5.74) is -0.0940. The summed E-state index contributed by atoms with van der Waals surface area (Å²) in [5.74, 6) is -0.570. The summed E-state index contributed by atoms with van der Waals surface area (Å²) in [6, 6.07) is 6.65. The maximum absolute atomic E-state index is 12.2. The third-order valence-electron chi connectivity index (χ3n) is 2.65. The first kappa shape index (κ1) is 16.8. The number of amides is 1. The molecule has 1 N–H and O–H groups in total. The Labute approximate surface area is 144 Å². The van der Waals surface area contributed by atoms with E-state index in [9.17, 15) is 14.9 Å². The van der Waals surface area contributed by atoms with Gasteiger partial charge in [0.25, 0.3) is 11.6 Å². The topological polar surface area (TPSA) is 72.2 Å². The summed E-state index contributed by atoms with van der Waals surface area (Å²) >= 11 is 23.4. The van der Waals surface area contributed by atoms with Crippen LogP contribution in [0.4, 0.5) is 11.4 Å². The number of nitrogens with zero attached hydrogens (tertiary/aromatic N) is 1. The molecule has 9 heteroatoms. The number of hydrogen-bond donors (Lipinski definition) is 1. The second-order valence-corrected chi connectivity index (χ2v) is 5.78.